The number of nitrogens with one attached hydrogen (secondary N) is 1. The quantitative estimate of drug-likeness (QED) is 0.604. The Morgan fingerprint density at radius 3 is 2.55 bits per heavy atom. The summed E-state index contributed by atoms with van der Waals surface area (Å²) in [4.78, 5) is 33.4. The molecule has 2 rings (SSSR count). The second kappa shape index (κ2) is 6.18. The molecule has 0 bridgehead atoms. The van der Waals surface area contributed by atoms with E-state index in [1.807, 2.05) is 30.3 Å². The Kier molecular flexibility index (Phi) is 4.34. The van der Waals surface area contributed by atoms with E-state index in [9.17, 15) is 19.5 Å². The van der Waals surface area contributed by atoms with Gasteiger partial charge in [-0.3, -0.25) is 4.79 Å². The second-order valence-corrected chi connectivity index (χ2v) is 4.70. The van der Waals surface area contributed by atoms with Gasteiger partial charge in [-0.25, -0.2) is 9.59 Å². The molecule has 1 aromatic carbocycles. The average molecular weight is 277 g/mol. The fraction of sp³-hybridized carbons (Fsp3) is 0.357. The lowest BCUT2D eigenvalue weighted by molar-refractivity contribution is -0.143. The van der Waals surface area contributed by atoms with Gasteiger partial charge in [0, 0.05) is 0 Å². The fourth-order valence-electron chi connectivity index (χ4n) is 2.16. The van der Waals surface area contributed by atoms with E-state index in [0.29, 0.717) is 12.8 Å². The van der Waals surface area contributed by atoms with Gasteiger partial charge in [0.1, 0.15) is 6.04 Å². The topological polar surface area (TPSA) is 92.7 Å². The Balaban J connectivity index is 1.92. The molecule has 0 aromatic heterocycles. The van der Waals surface area contributed by atoms with Crippen LogP contribution in [0.5, 0.6) is 0 Å². The van der Waals surface area contributed by atoms with Crippen LogP contribution < -0.4 is 5.32 Å². The standard InChI is InChI=1S/C14H15NO5/c16-12(17)10(7-6-9-4-2-1-3-5-9)8-11-13(18)20-14(19)15-11/h1-5,10-11H,6-8H2,(H,15,19)(H,16,17)/t10?,11-/m0/s1. The Labute approximate surface area is 115 Å². The van der Waals surface area contributed by atoms with Gasteiger partial charge in [0.05, 0.1) is 5.92 Å². The Morgan fingerprint density at radius 1 is 1.30 bits per heavy atom. The van der Waals surface area contributed by atoms with Crippen molar-refractivity contribution in [1.82, 2.24) is 5.32 Å². The number of carboxylic acid groups (broad SMARTS) is 1. The first-order valence-electron chi connectivity index (χ1n) is 6.35. The normalized spacial score (nSPS) is 19.3. The van der Waals surface area contributed by atoms with Gasteiger partial charge < -0.3 is 15.2 Å². The van der Waals surface area contributed by atoms with Gasteiger partial charge in [0.2, 0.25) is 0 Å². The van der Waals surface area contributed by atoms with Crippen molar-refractivity contribution >= 4 is 18.0 Å². The molecule has 0 aliphatic carbocycles. The molecule has 106 valence electrons. The zero-order valence-electron chi connectivity index (χ0n) is 10.7. The first-order valence-corrected chi connectivity index (χ1v) is 6.35. The van der Waals surface area contributed by atoms with Crippen LogP contribution >= 0.6 is 0 Å². The molecule has 6 nitrogen and oxygen atoms in total. The van der Waals surface area contributed by atoms with E-state index in [4.69, 9.17) is 0 Å². The summed E-state index contributed by atoms with van der Waals surface area (Å²) in [7, 11) is 0. The number of rotatable bonds is 6. The number of aliphatic carboxylic acids is 1. The summed E-state index contributed by atoms with van der Waals surface area (Å²) in [5.41, 5.74) is 1.04. The SMILES string of the molecule is O=C1N[C@@H](CC(CCc2ccccc2)C(=O)O)C(=O)O1. The van der Waals surface area contributed by atoms with Gasteiger partial charge in [-0.15, -0.1) is 0 Å². The summed E-state index contributed by atoms with van der Waals surface area (Å²) in [6, 6.07) is 8.65. The molecule has 20 heavy (non-hydrogen) atoms. The van der Waals surface area contributed by atoms with E-state index in [0.717, 1.165) is 5.56 Å². The van der Waals surface area contributed by atoms with Crippen molar-refractivity contribution < 1.29 is 24.2 Å². The highest BCUT2D eigenvalue weighted by molar-refractivity contribution is 5.95. The molecule has 2 atom stereocenters. The number of alkyl carbamates (subject to hydrolysis) is 1. The zero-order valence-corrected chi connectivity index (χ0v) is 10.7. The molecule has 1 saturated heterocycles. The Morgan fingerprint density at radius 2 is 2.00 bits per heavy atom. The highest BCUT2D eigenvalue weighted by Gasteiger charge is 2.35. The molecule has 1 amide bonds. The van der Waals surface area contributed by atoms with Crippen molar-refractivity contribution in [3.63, 3.8) is 0 Å². The molecule has 2 N–H and O–H groups in total. The summed E-state index contributed by atoms with van der Waals surface area (Å²) in [5.74, 6) is -2.39. The molecule has 1 aromatic rings. The first kappa shape index (κ1) is 14.0. The molecule has 1 unspecified atom stereocenters. The van der Waals surface area contributed by atoms with E-state index in [2.05, 4.69) is 10.1 Å². The highest BCUT2D eigenvalue weighted by atomic mass is 16.6. The van der Waals surface area contributed by atoms with Crippen molar-refractivity contribution in [2.75, 3.05) is 0 Å². The molecule has 1 aliphatic heterocycles. The molecule has 0 spiro atoms. The average Bonchev–Trinajstić information content (AvgIpc) is 2.73. The number of hydrogen-bond acceptors (Lipinski definition) is 4. The van der Waals surface area contributed by atoms with Gasteiger partial charge in [0.15, 0.2) is 0 Å². The third kappa shape index (κ3) is 3.57. The predicted molar refractivity (Wildman–Crippen MR) is 68.9 cm³/mol. The first-order chi connectivity index (χ1) is 9.56. The Bertz CT molecular complexity index is 514. The van der Waals surface area contributed by atoms with Crippen LogP contribution in [-0.2, 0) is 20.7 Å². The van der Waals surface area contributed by atoms with Crippen LogP contribution in [-0.4, -0.2) is 29.2 Å². The van der Waals surface area contributed by atoms with E-state index >= 15 is 0 Å². The fourth-order valence-corrected chi connectivity index (χ4v) is 2.16. The summed E-state index contributed by atoms with van der Waals surface area (Å²) in [6.45, 7) is 0. The van der Waals surface area contributed by atoms with Crippen LogP contribution in [0.4, 0.5) is 4.79 Å². The van der Waals surface area contributed by atoms with Crippen LogP contribution in [0.15, 0.2) is 30.3 Å². The number of carbonyl (C=O) groups excluding carboxylic acids is 2. The minimum absolute atomic E-state index is 0.0484. The number of carbonyl (C=O) groups is 3. The number of carboxylic acids is 1. The summed E-state index contributed by atoms with van der Waals surface area (Å²) >= 11 is 0. The minimum atomic E-state index is -0.977. The van der Waals surface area contributed by atoms with Crippen molar-refractivity contribution in [3.05, 3.63) is 35.9 Å². The predicted octanol–water partition coefficient (Wildman–Crippen LogP) is 1.35. The second-order valence-electron chi connectivity index (χ2n) is 4.70. The molecule has 1 fully saturated rings. The van der Waals surface area contributed by atoms with Crippen molar-refractivity contribution in [1.29, 1.82) is 0 Å². The number of benzene rings is 1. The maximum Gasteiger partial charge on any atom is 0.415 e. The van der Waals surface area contributed by atoms with Crippen LogP contribution in [0, 0.1) is 5.92 Å². The molecule has 6 heteroatoms. The van der Waals surface area contributed by atoms with E-state index < -0.39 is 30.0 Å². The van der Waals surface area contributed by atoms with Crippen LogP contribution in [0.2, 0.25) is 0 Å². The third-order valence-electron chi connectivity index (χ3n) is 3.26. The van der Waals surface area contributed by atoms with E-state index in [1.54, 1.807) is 0 Å². The lowest BCUT2D eigenvalue weighted by atomic mass is 9.93. The molecule has 1 heterocycles. The number of amides is 1. The smallest absolute Gasteiger partial charge is 0.415 e. The maximum atomic E-state index is 11.3. The van der Waals surface area contributed by atoms with Crippen molar-refractivity contribution in [2.45, 2.75) is 25.3 Å². The van der Waals surface area contributed by atoms with Crippen LogP contribution in [0.3, 0.4) is 0 Å². The lowest BCUT2D eigenvalue weighted by Crippen LogP contribution is -2.33. The molecular weight excluding hydrogens is 262 g/mol. The number of cyclic esters (lactones) is 2. The molecule has 0 radical (unpaired) electrons. The largest absolute Gasteiger partial charge is 0.481 e. The number of hydrogen-bond donors (Lipinski definition) is 2. The molecular formula is C14H15NO5. The monoisotopic (exact) mass is 277 g/mol. The number of esters is 1. The van der Waals surface area contributed by atoms with Crippen LogP contribution in [0.25, 0.3) is 0 Å². The van der Waals surface area contributed by atoms with Crippen molar-refractivity contribution in [2.24, 2.45) is 5.92 Å². The maximum absolute atomic E-state index is 11.3. The van der Waals surface area contributed by atoms with Crippen LogP contribution in [0.1, 0.15) is 18.4 Å². The van der Waals surface area contributed by atoms with Gasteiger partial charge in [-0.1, -0.05) is 30.3 Å². The highest BCUT2D eigenvalue weighted by Crippen LogP contribution is 2.18. The van der Waals surface area contributed by atoms with Gasteiger partial charge >= 0.3 is 18.0 Å². The van der Waals surface area contributed by atoms with Gasteiger partial charge in [-0.05, 0) is 24.8 Å². The van der Waals surface area contributed by atoms with E-state index in [-0.39, 0.29) is 6.42 Å². The number of ether oxygens (including phenoxy) is 1. The van der Waals surface area contributed by atoms with Gasteiger partial charge in [-0.2, -0.15) is 0 Å². The molecule has 0 saturated carbocycles. The summed E-state index contributed by atoms with van der Waals surface area (Å²) in [5, 5.41) is 11.5. The Hall–Kier alpha value is -2.37. The minimum Gasteiger partial charge on any atom is -0.481 e. The zero-order chi connectivity index (χ0) is 14.5. The van der Waals surface area contributed by atoms with Crippen molar-refractivity contribution in [3.8, 4) is 0 Å². The summed E-state index contributed by atoms with van der Waals surface area (Å²) < 4.78 is 4.34. The third-order valence-corrected chi connectivity index (χ3v) is 3.26. The molecule has 1 aliphatic rings. The van der Waals surface area contributed by atoms with Gasteiger partial charge in [0.25, 0.3) is 0 Å². The summed E-state index contributed by atoms with van der Waals surface area (Å²) in [6.07, 6.45) is 0.242. The number of aryl methyl sites for hydroxylation is 1. The lowest BCUT2D eigenvalue weighted by Gasteiger charge is -2.14. The van der Waals surface area contributed by atoms with E-state index in [1.165, 1.54) is 0 Å².